The maximum Gasteiger partial charge on any atom is 0.323 e. The van der Waals surface area contributed by atoms with E-state index in [-0.39, 0.29) is 11.6 Å². The fourth-order valence-electron chi connectivity index (χ4n) is 4.13. The summed E-state index contributed by atoms with van der Waals surface area (Å²) in [6.45, 7) is 2.00. The predicted molar refractivity (Wildman–Crippen MR) is 93.2 cm³/mol. The van der Waals surface area contributed by atoms with Gasteiger partial charge in [0.05, 0.1) is 25.4 Å². The first-order chi connectivity index (χ1) is 12.3. The monoisotopic (exact) mass is 338 g/mol. The number of carbonyl (C=O) groups excluding carboxylic acids is 1. The Kier molecular flexibility index (Phi) is 3.35. The molecule has 130 valence electrons. The van der Waals surface area contributed by atoms with E-state index in [2.05, 4.69) is 28.6 Å². The van der Waals surface area contributed by atoms with E-state index < -0.39 is 0 Å². The van der Waals surface area contributed by atoms with Crippen molar-refractivity contribution >= 4 is 11.8 Å². The van der Waals surface area contributed by atoms with E-state index in [0.717, 1.165) is 38.0 Å². The first-order valence-corrected chi connectivity index (χ1v) is 9.07. The van der Waals surface area contributed by atoms with Crippen molar-refractivity contribution < 1.29 is 9.53 Å². The summed E-state index contributed by atoms with van der Waals surface area (Å²) in [5.74, 6) is 0.792. The van der Waals surface area contributed by atoms with Gasteiger partial charge in [-0.25, -0.2) is 9.48 Å². The number of ether oxygens (including phenoxy) is 1. The Morgan fingerprint density at radius 3 is 3.04 bits per heavy atom. The third-order valence-electron chi connectivity index (χ3n) is 5.55. The molecule has 1 aromatic carbocycles. The number of urea groups is 1. The summed E-state index contributed by atoms with van der Waals surface area (Å²) in [4.78, 5) is 14.7. The van der Waals surface area contributed by atoms with Gasteiger partial charge in [-0.1, -0.05) is 24.3 Å². The van der Waals surface area contributed by atoms with E-state index >= 15 is 0 Å². The topological polar surface area (TPSA) is 59.4 Å². The second kappa shape index (κ2) is 5.59. The molecule has 2 aromatic rings. The Morgan fingerprint density at radius 1 is 1.28 bits per heavy atom. The van der Waals surface area contributed by atoms with Crippen molar-refractivity contribution in [2.45, 2.75) is 43.9 Å². The first-order valence-electron chi connectivity index (χ1n) is 9.07. The van der Waals surface area contributed by atoms with Crippen molar-refractivity contribution in [3.63, 3.8) is 0 Å². The van der Waals surface area contributed by atoms with Gasteiger partial charge in [-0.05, 0) is 36.8 Å². The van der Waals surface area contributed by atoms with E-state index in [1.807, 2.05) is 21.7 Å². The van der Waals surface area contributed by atoms with Crippen LogP contribution in [0.25, 0.3) is 0 Å². The van der Waals surface area contributed by atoms with Crippen LogP contribution in [-0.4, -0.2) is 33.8 Å². The average molecular weight is 338 g/mol. The molecular formula is C19H22N4O2. The third kappa shape index (κ3) is 2.52. The number of fused-ring (bicyclic) bond motifs is 2. The normalized spacial score (nSPS) is 25.2. The summed E-state index contributed by atoms with van der Waals surface area (Å²) in [5, 5.41) is 7.38. The van der Waals surface area contributed by atoms with E-state index in [1.54, 1.807) is 6.20 Å². The highest BCUT2D eigenvalue weighted by molar-refractivity contribution is 5.88. The number of nitrogens with one attached hydrogen (secondary N) is 1. The number of hydrogen-bond acceptors (Lipinski definition) is 3. The number of likely N-dealkylation sites (tertiary alicyclic amines) is 1. The lowest BCUT2D eigenvalue weighted by Gasteiger charge is -2.40. The largest absolute Gasteiger partial charge is 0.364 e. The molecule has 25 heavy (non-hydrogen) atoms. The number of nitrogens with zero attached hydrogens (tertiary/aromatic N) is 3. The standard InChI is InChI=1S/C19H22N4O2/c24-18(21-17-8-10-20-23(17)15-6-7-15)22-11-3-9-19(13-22)16-5-2-1-4-14(16)12-25-19/h1-2,4-5,8,10,15H,3,6-7,9,11-13H2,(H,21,24). The molecule has 5 rings (SSSR count). The van der Waals surface area contributed by atoms with Crippen molar-refractivity contribution in [2.75, 3.05) is 18.4 Å². The zero-order chi connectivity index (χ0) is 16.9. The molecule has 0 bridgehead atoms. The summed E-state index contributed by atoms with van der Waals surface area (Å²) in [6.07, 6.45) is 5.95. The highest BCUT2D eigenvalue weighted by atomic mass is 16.5. The minimum absolute atomic E-state index is 0.0607. The van der Waals surface area contributed by atoms with Crippen LogP contribution < -0.4 is 5.32 Å². The molecule has 3 heterocycles. The van der Waals surface area contributed by atoms with Gasteiger partial charge < -0.3 is 9.64 Å². The number of hydrogen-bond donors (Lipinski definition) is 1. The molecule has 2 fully saturated rings. The van der Waals surface area contributed by atoms with Crippen LogP contribution in [0.1, 0.15) is 42.9 Å². The molecule has 2 aliphatic heterocycles. The number of aromatic nitrogens is 2. The molecule has 1 spiro atoms. The average Bonchev–Trinajstić information content (AvgIpc) is 3.30. The minimum Gasteiger partial charge on any atom is -0.364 e. The van der Waals surface area contributed by atoms with Crippen LogP contribution in [0.15, 0.2) is 36.5 Å². The van der Waals surface area contributed by atoms with Crippen molar-refractivity contribution in [2.24, 2.45) is 0 Å². The maximum atomic E-state index is 12.8. The van der Waals surface area contributed by atoms with E-state index in [1.165, 1.54) is 11.1 Å². The summed E-state index contributed by atoms with van der Waals surface area (Å²) in [5.41, 5.74) is 2.15. The Balaban J connectivity index is 1.35. The molecule has 1 N–H and O–H groups in total. The maximum absolute atomic E-state index is 12.8. The molecule has 1 saturated carbocycles. The number of anilines is 1. The number of benzene rings is 1. The smallest absolute Gasteiger partial charge is 0.323 e. The minimum atomic E-state index is -0.344. The fraction of sp³-hybridized carbons (Fsp3) is 0.474. The van der Waals surface area contributed by atoms with Gasteiger partial charge in [-0.3, -0.25) is 5.32 Å². The van der Waals surface area contributed by atoms with Gasteiger partial charge in [0.25, 0.3) is 0 Å². The van der Waals surface area contributed by atoms with Gasteiger partial charge in [0.2, 0.25) is 0 Å². The van der Waals surface area contributed by atoms with E-state index in [9.17, 15) is 4.79 Å². The van der Waals surface area contributed by atoms with Crippen LogP contribution in [0.5, 0.6) is 0 Å². The molecule has 6 heteroatoms. The van der Waals surface area contributed by atoms with Crippen molar-refractivity contribution in [3.8, 4) is 0 Å². The SMILES string of the molecule is O=C(Nc1ccnn1C1CC1)N1CCCC2(C1)OCc1ccccc12. The lowest BCUT2D eigenvalue weighted by molar-refractivity contribution is -0.0755. The van der Waals surface area contributed by atoms with E-state index in [4.69, 9.17) is 4.74 Å². The van der Waals surface area contributed by atoms with Gasteiger partial charge >= 0.3 is 6.03 Å². The van der Waals surface area contributed by atoms with E-state index in [0.29, 0.717) is 19.2 Å². The van der Waals surface area contributed by atoms with Gasteiger partial charge in [0.1, 0.15) is 11.4 Å². The Morgan fingerprint density at radius 2 is 2.16 bits per heavy atom. The van der Waals surface area contributed by atoms with Crippen LogP contribution in [0.3, 0.4) is 0 Å². The van der Waals surface area contributed by atoms with Crippen molar-refractivity contribution in [1.82, 2.24) is 14.7 Å². The molecule has 1 aliphatic carbocycles. The second-order valence-corrected chi connectivity index (χ2v) is 7.29. The third-order valence-corrected chi connectivity index (χ3v) is 5.55. The van der Waals surface area contributed by atoms with Crippen LogP contribution in [0.2, 0.25) is 0 Å². The zero-order valence-electron chi connectivity index (χ0n) is 14.1. The fourth-order valence-corrected chi connectivity index (χ4v) is 4.13. The van der Waals surface area contributed by atoms with Crippen molar-refractivity contribution in [3.05, 3.63) is 47.7 Å². The summed E-state index contributed by atoms with van der Waals surface area (Å²) in [7, 11) is 0. The number of piperidine rings is 1. The molecular weight excluding hydrogens is 316 g/mol. The van der Waals surface area contributed by atoms with Crippen LogP contribution in [0, 0.1) is 0 Å². The molecule has 1 atom stereocenters. The number of rotatable bonds is 2. The predicted octanol–water partition coefficient (Wildman–Crippen LogP) is 3.27. The number of carbonyl (C=O) groups is 1. The summed E-state index contributed by atoms with van der Waals surface area (Å²) in [6, 6.07) is 10.6. The molecule has 6 nitrogen and oxygen atoms in total. The van der Waals surface area contributed by atoms with Crippen LogP contribution >= 0.6 is 0 Å². The molecule has 2 amide bonds. The summed E-state index contributed by atoms with van der Waals surface area (Å²) >= 11 is 0. The first kappa shape index (κ1) is 15.0. The molecule has 1 saturated heterocycles. The van der Waals surface area contributed by atoms with Crippen LogP contribution in [0.4, 0.5) is 10.6 Å². The highest BCUT2D eigenvalue weighted by Gasteiger charge is 2.44. The zero-order valence-corrected chi connectivity index (χ0v) is 14.1. The van der Waals surface area contributed by atoms with Gasteiger partial charge in [-0.15, -0.1) is 0 Å². The summed E-state index contributed by atoms with van der Waals surface area (Å²) < 4.78 is 8.13. The van der Waals surface area contributed by atoms with Gasteiger partial charge in [0.15, 0.2) is 0 Å². The quantitative estimate of drug-likeness (QED) is 0.914. The number of amides is 2. The van der Waals surface area contributed by atoms with Gasteiger partial charge in [0, 0.05) is 12.6 Å². The van der Waals surface area contributed by atoms with Crippen molar-refractivity contribution in [1.29, 1.82) is 0 Å². The van der Waals surface area contributed by atoms with Crippen LogP contribution in [-0.2, 0) is 16.9 Å². The highest BCUT2D eigenvalue weighted by Crippen LogP contribution is 2.43. The molecule has 0 radical (unpaired) electrons. The molecule has 1 aromatic heterocycles. The lowest BCUT2D eigenvalue weighted by Crippen LogP contribution is -2.50. The Bertz CT molecular complexity index is 809. The lowest BCUT2D eigenvalue weighted by atomic mass is 9.85. The second-order valence-electron chi connectivity index (χ2n) is 7.29. The van der Waals surface area contributed by atoms with Gasteiger partial charge in [-0.2, -0.15) is 5.10 Å². The Labute approximate surface area is 146 Å². The molecule has 1 unspecified atom stereocenters. The Hall–Kier alpha value is -2.34. The molecule has 3 aliphatic rings.